The highest BCUT2D eigenvalue weighted by Crippen LogP contribution is 2.24. The molecule has 104 valence electrons. The van der Waals surface area contributed by atoms with Crippen LogP contribution in [-0.4, -0.2) is 11.1 Å². The van der Waals surface area contributed by atoms with Gasteiger partial charge in [0.05, 0.1) is 10.2 Å². The molecule has 2 aromatic heterocycles. The van der Waals surface area contributed by atoms with E-state index in [9.17, 15) is 0 Å². The maximum atomic E-state index is 3.83. The third kappa shape index (κ3) is 3.48. The fraction of sp³-hybridized carbons (Fsp3) is 0.500. The van der Waals surface area contributed by atoms with Crippen molar-refractivity contribution in [3.8, 4) is 0 Å². The van der Waals surface area contributed by atoms with Gasteiger partial charge in [-0.05, 0) is 42.8 Å². The molecule has 0 bridgehead atoms. The molecule has 0 radical (unpaired) electrons. The maximum absolute atomic E-state index is 3.83. The standard InChI is InChI=1S/C16H24N2S/c1-4-6-13(5-2)7-9-17-12-14-11-16-15(18(14)3)8-10-19-16/h4,8,10-11,13,17H,1,5-7,9,12H2,2-3H3. The van der Waals surface area contributed by atoms with Gasteiger partial charge in [-0.1, -0.05) is 19.4 Å². The highest BCUT2D eigenvalue weighted by atomic mass is 32.1. The molecular formula is C16H24N2S. The maximum Gasteiger partial charge on any atom is 0.0589 e. The van der Waals surface area contributed by atoms with Crippen molar-refractivity contribution in [2.75, 3.05) is 6.54 Å². The molecule has 2 rings (SSSR count). The van der Waals surface area contributed by atoms with Crippen LogP contribution in [0.25, 0.3) is 10.2 Å². The van der Waals surface area contributed by atoms with Crippen LogP contribution in [-0.2, 0) is 13.6 Å². The number of allylic oxidation sites excluding steroid dienone is 1. The van der Waals surface area contributed by atoms with Crippen molar-refractivity contribution in [3.05, 3.63) is 35.9 Å². The predicted octanol–water partition coefficient (Wildman–Crippen LogP) is 4.32. The van der Waals surface area contributed by atoms with Gasteiger partial charge in [0.25, 0.3) is 0 Å². The smallest absolute Gasteiger partial charge is 0.0589 e. The molecule has 0 saturated carbocycles. The van der Waals surface area contributed by atoms with E-state index in [1.165, 1.54) is 28.8 Å². The normalized spacial score (nSPS) is 12.9. The lowest BCUT2D eigenvalue weighted by molar-refractivity contribution is 0.454. The molecule has 0 spiro atoms. The SMILES string of the molecule is C=CCC(CC)CCNCc1cc2sccc2n1C. The van der Waals surface area contributed by atoms with Crippen LogP contribution in [0, 0.1) is 5.92 Å². The first-order chi connectivity index (χ1) is 9.26. The fourth-order valence-electron chi connectivity index (χ4n) is 2.52. The number of hydrogen-bond donors (Lipinski definition) is 1. The van der Waals surface area contributed by atoms with Crippen LogP contribution in [0.3, 0.4) is 0 Å². The minimum absolute atomic E-state index is 0.780. The van der Waals surface area contributed by atoms with E-state index in [0.717, 1.165) is 25.4 Å². The Morgan fingerprint density at radius 2 is 2.37 bits per heavy atom. The van der Waals surface area contributed by atoms with Gasteiger partial charge in [0.15, 0.2) is 0 Å². The van der Waals surface area contributed by atoms with Crippen molar-refractivity contribution in [3.63, 3.8) is 0 Å². The summed E-state index contributed by atoms with van der Waals surface area (Å²) >= 11 is 1.82. The Balaban J connectivity index is 1.80. The molecule has 0 fully saturated rings. The van der Waals surface area contributed by atoms with Gasteiger partial charge in [0.2, 0.25) is 0 Å². The molecule has 1 N–H and O–H groups in total. The van der Waals surface area contributed by atoms with Crippen molar-refractivity contribution in [2.45, 2.75) is 32.7 Å². The van der Waals surface area contributed by atoms with Crippen molar-refractivity contribution in [1.29, 1.82) is 0 Å². The summed E-state index contributed by atoms with van der Waals surface area (Å²) in [4.78, 5) is 0. The van der Waals surface area contributed by atoms with E-state index in [0.29, 0.717) is 0 Å². The average molecular weight is 276 g/mol. The topological polar surface area (TPSA) is 17.0 Å². The van der Waals surface area contributed by atoms with E-state index in [4.69, 9.17) is 0 Å². The lowest BCUT2D eigenvalue weighted by atomic mass is 9.99. The van der Waals surface area contributed by atoms with Gasteiger partial charge in [-0.15, -0.1) is 17.9 Å². The summed E-state index contributed by atoms with van der Waals surface area (Å²) < 4.78 is 3.68. The minimum Gasteiger partial charge on any atom is -0.346 e. The number of hydrogen-bond acceptors (Lipinski definition) is 2. The van der Waals surface area contributed by atoms with E-state index in [1.54, 1.807) is 0 Å². The summed E-state index contributed by atoms with van der Waals surface area (Å²) in [5.41, 5.74) is 2.72. The highest BCUT2D eigenvalue weighted by Gasteiger charge is 2.07. The fourth-order valence-corrected chi connectivity index (χ4v) is 3.39. The lowest BCUT2D eigenvalue weighted by Gasteiger charge is -2.13. The summed E-state index contributed by atoms with van der Waals surface area (Å²) in [6.07, 6.45) is 5.66. The lowest BCUT2D eigenvalue weighted by Crippen LogP contribution is -2.19. The van der Waals surface area contributed by atoms with Gasteiger partial charge >= 0.3 is 0 Å². The van der Waals surface area contributed by atoms with Crippen LogP contribution in [0.5, 0.6) is 0 Å². The molecule has 1 unspecified atom stereocenters. The Kier molecular flexibility index (Phi) is 5.23. The molecule has 19 heavy (non-hydrogen) atoms. The molecule has 1 atom stereocenters. The highest BCUT2D eigenvalue weighted by molar-refractivity contribution is 7.17. The third-order valence-electron chi connectivity index (χ3n) is 3.88. The van der Waals surface area contributed by atoms with E-state index in [2.05, 4.69) is 47.9 Å². The number of nitrogens with one attached hydrogen (secondary N) is 1. The molecular weight excluding hydrogens is 252 g/mol. The van der Waals surface area contributed by atoms with Gasteiger partial charge in [-0.2, -0.15) is 0 Å². The van der Waals surface area contributed by atoms with Gasteiger partial charge in [0, 0.05) is 19.3 Å². The van der Waals surface area contributed by atoms with Crippen LogP contribution >= 0.6 is 11.3 Å². The number of rotatable bonds is 8. The van der Waals surface area contributed by atoms with E-state index >= 15 is 0 Å². The summed E-state index contributed by atoms with van der Waals surface area (Å²) in [7, 11) is 2.15. The summed E-state index contributed by atoms with van der Waals surface area (Å²) in [6.45, 7) is 8.14. The van der Waals surface area contributed by atoms with Crippen LogP contribution in [0.2, 0.25) is 0 Å². The zero-order valence-corrected chi connectivity index (χ0v) is 12.8. The van der Waals surface area contributed by atoms with E-state index in [-0.39, 0.29) is 0 Å². The minimum atomic E-state index is 0.780. The molecule has 0 aliphatic heterocycles. The van der Waals surface area contributed by atoms with Crippen molar-refractivity contribution in [2.24, 2.45) is 13.0 Å². The number of aromatic nitrogens is 1. The van der Waals surface area contributed by atoms with Crippen molar-refractivity contribution in [1.82, 2.24) is 9.88 Å². The Labute approximate surface area is 120 Å². The van der Waals surface area contributed by atoms with Gasteiger partial charge in [0.1, 0.15) is 0 Å². The van der Waals surface area contributed by atoms with Gasteiger partial charge in [-0.25, -0.2) is 0 Å². The summed E-state index contributed by atoms with van der Waals surface area (Å²) in [6, 6.07) is 4.49. The second kappa shape index (κ2) is 6.92. The molecule has 0 aliphatic rings. The second-order valence-corrected chi connectivity index (χ2v) is 6.08. The quantitative estimate of drug-likeness (QED) is 0.561. The Morgan fingerprint density at radius 1 is 1.53 bits per heavy atom. The first-order valence-corrected chi connectivity index (χ1v) is 7.97. The Bertz CT molecular complexity index is 524. The van der Waals surface area contributed by atoms with Gasteiger partial charge in [-0.3, -0.25) is 0 Å². The monoisotopic (exact) mass is 276 g/mol. The third-order valence-corrected chi connectivity index (χ3v) is 4.73. The van der Waals surface area contributed by atoms with Crippen LogP contribution < -0.4 is 5.32 Å². The van der Waals surface area contributed by atoms with Crippen LogP contribution in [0.1, 0.15) is 31.9 Å². The van der Waals surface area contributed by atoms with E-state index < -0.39 is 0 Å². The van der Waals surface area contributed by atoms with Crippen molar-refractivity contribution >= 4 is 21.6 Å². The summed E-state index contributed by atoms with van der Waals surface area (Å²) in [5, 5.41) is 5.72. The predicted molar refractivity (Wildman–Crippen MR) is 85.7 cm³/mol. The molecule has 2 heterocycles. The van der Waals surface area contributed by atoms with Gasteiger partial charge < -0.3 is 9.88 Å². The van der Waals surface area contributed by atoms with E-state index in [1.807, 2.05) is 17.4 Å². The van der Waals surface area contributed by atoms with Crippen molar-refractivity contribution < 1.29 is 0 Å². The largest absolute Gasteiger partial charge is 0.346 e. The second-order valence-electron chi connectivity index (χ2n) is 5.13. The number of aryl methyl sites for hydroxylation is 1. The number of nitrogens with zero attached hydrogens (tertiary/aromatic N) is 1. The molecule has 0 saturated heterocycles. The zero-order chi connectivity index (χ0) is 13.7. The first kappa shape index (κ1) is 14.4. The number of fused-ring (bicyclic) bond motifs is 1. The number of thiophene rings is 1. The molecule has 0 amide bonds. The Morgan fingerprint density at radius 3 is 3.05 bits per heavy atom. The average Bonchev–Trinajstić information content (AvgIpc) is 2.97. The zero-order valence-electron chi connectivity index (χ0n) is 12.0. The summed E-state index contributed by atoms with van der Waals surface area (Å²) in [5.74, 6) is 0.780. The molecule has 0 aliphatic carbocycles. The first-order valence-electron chi connectivity index (χ1n) is 7.09. The molecule has 3 heteroatoms. The Hall–Kier alpha value is -1.06. The van der Waals surface area contributed by atoms with Crippen LogP contribution in [0.4, 0.5) is 0 Å². The molecule has 0 aromatic carbocycles. The molecule has 2 nitrogen and oxygen atoms in total. The molecule has 2 aromatic rings. The van der Waals surface area contributed by atoms with Crippen LogP contribution in [0.15, 0.2) is 30.2 Å².